The Morgan fingerprint density at radius 1 is 1.50 bits per heavy atom. The van der Waals surface area contributed by atoms with Gasteiger partial charge in [0.25, 0.3) is 0 Å². The van der Waals surface area contributed by atoms with Gasteiger partial charge in [-0.25, -0.2) is 0 Å². The predicted octanol–water partition coefficient (Wildman–Crippen LogP) is 1.86. The second-order valence-electron chi connectivity index (χ2n) is 3.98. The monoisotopic (exact) mass is 192 g/mol. The molecule has 0 aliphatic carbocycles. The van der Waals surface area contributed by atoms with E-state index in [1.54, 1.807) is 0 Å². The van der Waals surface area contributed by atoms with Crippen LogP contribution in [0, 0.1) is 6.92 Å². The van der Waals surface area contributed by atoms with Crippen LogP contribution in [-0.4, -0.2) is 24.4 Å². The van der Waals surface area contributed by atoms with Crippen molar-refractivity contribution in [2.75, 3.05) is 13.2 Å². The molecule has 14 heavy (non-hydrogen) atoms. The Kier molecular flexibility index (Phi) is 2.85. The van der Waals surface area contributed by atoms with Gasteiger partial charge in [-0.15, -0.1) is 0 Å². The highest BCUT2D eigenvalue weighted by Crippen LogP contribution is 2.29. The largest absolute Gasteiger partial charge is 0.394 e. The Morgan fingerprint density at radius 2 is 2.36 bits per heavy atom. The first kappa shape index (κ1) is 9.69. The minimum atomic E-state index is 0.0421. The van der Waals surface area contributed by atoms with E-state index in [0.29, 0.717) is 5.92 Å². The maximum atomic E-state index is 8.96. The van der Waals surface area contributed by atoms with Crippen molar-refractivity contribution >= 4 is 0 Å². The zero-order valence-corrected chi connectivity index (χ0v) is 8.44. The summed E-state index contributed by atoms with van der Waals surface area (Å²) in [6, 6.07) is 8.52. The molecule has 0 amide bonds. The van der Waals surface area contributed by atoms with Crippen LogP contribution in [0.25, 0.3) is 0 Å². The fourth-order valence-corrected chi connectivity index (χ4v) is 1.99. The number of hydrogen-bond acceptors (Lipinski definition) is 2. The van der Waals surface area contributed by atoms with Crippen molar-refractivity contribution < 1.29 is 9.84 Å². The van der Waals surface area contributed by atoms with E-state index in [0.717, 1.165) is 13.0 Å². The van der Waals surface area contributed by atoms with Crippen LogP contribution in [0.5, 0.6) is 0 Å². The first-order chi connectivity index (χ1) is 6.79. The minimum absolute atomic E-state index is 0.0421. The van der Waals surface area contributed by atoms with Crippen LogP contribution in [0.1, 0.15) is 23.5 Å². The maximum absolute atomic E-state index is 8.96. The number of benzene rings is 1. The molecule has 2 atom stereocenters. The van der Waals surface area contributed by atoms with Crippen LogP contribution in [0.15, 0.2) is 24.3 Å². The Hall–Kier alpha value is -0.860. The van der Waals surface area contributed by atoms with E-state index in [2.05, 4.69) is 31.2 Å². The van der Waals surface area contributed by atoms with Gasteiger partial charge in [-0.05, 0) is 18.9 Å². The topological polar surface area (TPSA) is 29.5 Å². The molecule has 2 rings (SSSR count). The average molecular weight is 192 g/mol. The van der Waals surface area contributed by atoms with Crippen LogP contribution < -0.4 is 0 Å². The third kappa shape index (κ3) is 1.97. The molecule has 1 aliphatic rings. The second kappa shape index (κ2) is 4.11. The normalized spacial score (nSPS) is 26.7. The lowest BCUT2D eigenvalue weighted by atomic mass is 9.95. The Bertz CT molecular complexity index is 309. The van der Waals surface area contributed by atoms with Crippen molar-refractivity contribution in [2.24, 2.45) is 0 Å². The Labute approximate surface area is 84.5 Å². The summed E-state index contributed by atoms with van der Waals surface area (Å²) in [5, 5.41) is 8.96. The first-order valence-corrected chi connectivity index (χ1v) is 5.08. The summed E-state index contributed by atoms with van der Waals surface area (Å²) in [7, 11) is 0. The molecular formula is C12H16O2. The van der Waals surface area contributed by atoms with E-state index < -0.39 is 0 Å². The first-order valence-electron chi connectivity index (χ1n) is 5.08. The quantitative estimate of drug-likeness (QED) is 0.775. The Morgan fingerprint density at radius 3 is 3.00 bits per heavy atom. The van der Waals surface area contributed by atoms with Gasteiger partial charge < -0.3 is 9.84 Å². The summed E-state index contributed by atoms with van der Waals surface area (Å²) < 4.78 is 5.46. The third-order valence-electron chi connectivity index (χ3n) is 2.80. The Balaban J connectivity index is 2.09. The molecule has 0 unspecified atom stereocenters. The highest BCUT2D eigenvalue weighted by molar-refractivity contribution is 5.26. The number of ether oxygens (including phenoxy) is 1. The lowest BCUT2D eigenvalue weighted by molar-refractivity contribution is 0.0585. The zero-order chi connectivity index (χ0) is 9.97. The van der Waals surface area contributed by atoms with Crippen LogP contribution >= 0.6 is 0 Å². The average Bonchev–Trinajstić information content (AvgIpc) is 2.66. The molecule has 1 N–H and O–H groups in total. The van der Waals surface area contributed by atoms with Crippen molar-refractivity contribution in [1.82, 2.24) is 0 Å². The zero-order valence-electron chi connectivity index (χ0n) is 8.44. The molecule has 2 nitrogen and oxygen atoms in total. The van der Waals surface area contributed by atoms with Gasteiger partial charge in [-0.3, -0.25) is 0 Å². The SMILES string of the molecule is Cc1cccc([C@@H]2CO[C@@H](CO)C2)c1. The maximum Gasteiger partial charge on any atom is 0.0812 e. The summed E-state index contributed by atoms with van der Waals surface area (Å²) in [5.41, 5.74) is 2.62. The van der Waals surface area contributed by atoms with E-state index in [9.17, 15) is 0 Å². The number of hydrogen-bond donors (Lipinski definition) is 1. The van der Waals surface area contributed by atoms with Gasteiger partial charge in [-0.2, -0.15) is 0 Å². The molecule has 0 saturated carbocycles. The van der Waals surface area contributed by atoms with Gasteiger partial charge in [0.05, 0.1) is 19.3 Å². The highest BCUT2D eigenvalue weighted by Gasteiger charge is 2.25. The van der Waals surface area contributed by atoms with Gasteiger partial charge in [0.2, 0.25) is 0 Å². The van der Waals surface area contributed by atoms with Crippen molar-refractivity contribution in [3.63, 3.8) is 0 Å². The second-order valence-corrected chi connectivity index (χ2v) is 3.98. The van der Waals surface area contributed by atoms with Crippen molar-refractivity contribution in [3.8, 4) is 0 Å². The fourth-order valence-electron chi connectivity index (χ4n) is 1.99. The van der Waals surface area contributed by atoms with Crippen molar-refractivity contribution in [1.29, 1.82) is 0 Å². The van der Waals surface area contributed by atoms with Gasteiger partial charge in [0.15, 0.2) is 0 Å². The molecule has 1 fully saturated rings. The number of aliphatic hydroxyl groups excluding tert-OH is 1. The van der Waals surface area contributed by atoms with Crippen LogP contribution in [0.4, 0.5) is 0 Å². The third-order valence-corrected chi connectivity index (χ3v) is 2.80. The molecule has 1 aromatic rings. The minimum Gasteiger partial charge on any atom is -0.394 e. The van der Waals surface area contributed by atoms with E-state index in [-0.39, 0.29) is 12.7 Å². The molecule has 1 aliphatic heterocycles. The molecule has 0 radical (unpaired) electrons. The summed E-state index contributed by atoms with van der Waals surface area (Å²) in [6.45, 7) is 2.99. The molecule has 76 valence electrons. The lowest BCUT2D eigenvalue weighted by Gasteiger charge is -2.08. The van der Waals surface area contributed by atoms with Crippen molar-refractivity contribution in [2.45, 2.75) is 25.4 Å². The summed E-state index contributed by atoms with van der Waals surface area (Å²) in [4.78, 5) is 0. The van der Waals surface area contributed by atoms with Crippen LogP contribution in [-0.2, 0) is 4.74 Å². The van der Waals surface area contributed by atoms with E-state index in [1.807, 2.05) is 0 Å². The summed E-state index contributed by atoms with van der Waals surface area (Å²) in [6.07, 6.45) is 0.987. The van der Waals surface area contributed by atoms with E-state index in [1.165, 1.54) is 11.1 Å². The molecular weight excluding hydrogens is 176 g/mol. The van der Waals surface area contributed by atoms with Gasteiger partial charge in [-0.1, -0.05) is 29.8 Å². The smallest absolute Gasteiger partial charge is 0.0812 e. The van der Waals surface area contributed by atoms with E-state index >= 15 is 0 Å². The molecule has 0 bridgehead atoms. The predicted molar refractivity (Wildman–Crippen MR) is 55.4 cm³/mol. The number of aliphatic hydroxyl groups is 1. The summed E-state index contributed by atoms with van der Waals surface area (Å²) >= 11 is 0. The molecule has 1 saturated heterocycles. The highest BCUT2D eigenvalue weighted by atomic mass is 16.5. The van der Waals surface area contributed by atoms with Crippen molar-refractivity contribution in [3.05, 3.63) is 35.4 Å². The van der Waals surface area contributed by atoms with Gasteiger partial charge in [0, 0.05) is 5.92 Å². The number of rotatable bonds is 2. The molecule has 1 heterocycles. The van der Waals surface area contributed by atoms with Crippen LogP contribution in [0.2, 0.25) is 0 Å². The molecule has 2 heteroatoms. The fraction of sp³-hybridized carbons (Fsp3) is 0.500. The van der Waals surface area contributed by atoms with Gasteiger partial charge in [0.1, 0.15) is 0 Å². The van der Waals surface area contributed by atoms with E-state index in [4.69, 9.17) is 9.84 Å². The number of aryl methyl sites for hydroxylation is 1. The van der Waals surface area contributed by atoms with Crippen LogP contribution in [0.3, 0.4) is 0 Å². The molecule has 0 spiro atoms. The molecule has 0 aromatic heterocycles. The molecule has 1 aromatic carbocycles. The summed E-state index contributed by atoms with van der Waals surface area (Å²) in [5.74, 6) is 0.465. The van der Waals surface area contributed by atoms with Gasteiger partial charge >= 0.3 is 0 Å². The standard InChI is InChI=1S/C12H16O2/c1-9-3-2-4-10(5-9)11-6-12(7-13)14-8-11/h2-5,11-13H,6-8H2,1H3/t11-,12+/m0/s1. The lowest BCUT2D eigenvalue weighted by Crippen LogP contribution is -2.09.